The minimum Gasteiger partial charge on any atom is -0.495 e. The number of methoxy groups -OCH3 is 1. The summed E-state index contributed by atoms with van der Waals surface area (Å²) < 4.78 is 78.5. The molecule has 0 unspecified atom stereocenters. The fourth-order valence-electron chi connectivity index (χ4n) is 5.90. The number of piperazine rings is 1. The standard InChI is InChI=1S/C34H43F3N8O6S/c1-23-5-6-24(29(19-23)42(2)52(4,48)49)7-9-27-26(34(35,36)37)21-38-33(39-27)40-28-10-8-25(20-30(28)50-3)32(47)41-45-13-11-43(12-14-45)22-31(46)44-15-17-51-18-16-44/h5-6,8,10,19-21H,7,9,11-18,22H2,1-4H3,(H,41,47)(H,38,39,40). The molecule has 5 rings (SSSR count). The molecule has 282 valence electrons. The molecule has 0 atom stereocenters. The first-order valence-electron chi connectivity index (χ1n) is 16.7. The van der Waals surface area contributed by atoms with Crippen LogP contribution in [-0.2, 0) is 38.6 Å². The van der Waals surface area contributed by atoms with Crippen molar-refractivity contribution in [3.63, 3.8) is 0 Å². The number of rotatable bonds is 12. The molecule has 14 nitrogen and oxygen atoms in total. The van der Waals surface area contributed by atoms with Gasteiger partial charge in [-0.15, -0.1) is 0 Å². The number of hydrogen-bond acceptors (Lipinski definition) is 11. The molecule has 3 aromatic rings. The predicted octanol–water partition coefficient (Wildman–Crippen LogP) is 2.86. The summed E-state index contributed by atoms with van der Waals surface area (Å²) >= 11 is 0. The molecule has 2 aliphatic rings. The van der Waals surface area contributed by atoms with Crippen molar-refractivity contribution >= 4 is 39.2 Å². The third-order valence-corrected chi connectivity index (χ3v) is 10.1. The maximum Gasteiger partial charge on any atom is 0.419 e. The van der Waals surface area contributed by atoms with Gasteiger partial charge in [-0.05, 0) is 55.2 Å². The zero-order valence-electron chi connectivity index (χ0n) is 29.5. The molecule has 2 aromatic carbocycles. The smallest absolute Gasteiger partial charge is 0.419 e. The van der Waals surface area contributed by atoms with Gasteiger partial charge >= 0.3 is 6.18 Å². The minimum atomic E-state index is -4.73. The highest BCUT2D eigenvalue weighted by atomic mass is 32.2. The van der Waals surface area contributed by atoms with Crippen molar-refractivity contribution in [2.24, 2.45) is 0 Å². The maximum atomic E-state index is 14.0. The van der Waals surface area contributed by atoms with Gasteiger partial charge in [-0.25, -0.2) is 23.4 Å². The number of nitrogens with zero attached hydrogens (tertiary/aromatic N) is 6. The molecule has 2 N–H and O–H groups in total. The van der Waals surface area contributed by atoms with Crippen molar-refractivity contribution in [2.45, 2.75) is 25.9 Å². The van der Waals surface area contributed by atoms with Gasteiger partial charge in [0.2, 0.25) is 21.9 Å². The second-order valence-electron chi connectivity index (χ2n) is 12.7. The Morgan fingerprint density at radius 2 is 1.73 bits per heavy atom. The highest BCUT2D eigenvalue weighted by Gasteiger charge is 2.35. The van der Waals surface area contributed by atoms with Crippen molar-refractivity contribution in [1.82, 2.24) is 30.2 Å². The number of anilines is 3. The molecule has 0 spiro atoms. The molecule has 0 bridgehead atoms. The van der Waals surface area contributed by atoms with Gasteiger partial charge in [-0.1, -0.05) is 12.1 Å². The van der Waals surface area contributed by atoms with Crippen molar-refractivity contribution in [3.8, 4) is 5.75 Å². The van der Waals surface area contributed by atoms with Crippen LogP contribution < -0.4 is 19.8 Å². The topological polar surface area (TPSA) is 150 Å². The van der Waals surface area contributed by atoms with Gasteiger partial charge in [0.25, 0.3) is 5.91 Å². The molecule has 52 heavy (non-hydrogen) atoms. The average molecular weight is 749 g/mol. The second-order valence-corrected chi connectivity index (χ2v) is 14.7. The van der Waals surface area contributed by atoms with Crippen molar-refractivity contribution < 1.29 is 40.7 Å². The molecule has 0 saturated carbocycles. The van der Waals surface area contributed by atoms with Crippen LogP contribution >= 0.6 is 0 Å². The zero-order valence-corrected chi connectivity index (χ0v) is 30.3. The van der Waals surface area contributed by atoms with Crippen LogP contribution in [0.4, 0.5) is 30.5 Å². The Hall–Kier alpha value is -4.52. The van der Waals surface area contributed by atoms with E-state index in [9.17, 15) is 31.2 Å². The van der Waals surface area contributed by atoms with Crippen LogP contribution in [0.1, 0.15) is 32.7 Å². The van der Waals surface area contributed by atoms with Crippen LogP contribution in [0, 0.1) is 6.92 Å². The molecule has 3 heterocycles. The molecular weight excluding hydrogens is 705 g/mol. The predicted molar refractivity (Wildman–Crippen MR) is 188 cm³/mol. The molecule has 2 amide bonds. The van der Waals surface area contributed by atoms with E-state index in [1.165, 1.54) is 20.2 Å². The number of halogens is 3. The number of nitrogens with one attached hydrogen (secondary N) is 2. The number of benzene rings is 2. The lowest BCUT2D eigenvalue weighted by Gasteiger charge is -2.36. The Labute approximate surface area is 300 Å². The number of sulfonamides is 1. The summed E-state index contributed by atoms with van der Waals surface area (Å²) in [5, 5.41) is 4.69. The molecule has 18 heteroatoms. The highest BCUT2D eigenvalue weighted by Crippen LogP contribution is 2.34. The van der Waals surface area contributed by atoms with Gasteiger partial charge in [0, 0.05) is 58.1 Å². The van der Waals surface area contributed by atoms with Gasteiger partial charge in [-0.2, -0.15) is 13.2 Å². The van der Waals surface area contributed by atoms with E-state index in [1.807, 2.05) is 0 Å². The first-order valence-corrected chi connectivity index (χ1v) is 18.5. The number of alkyl halides is 3. The molecule has 2 saturated heterocycles. The van der Waals surface area contributed by atoms with Crippen molar-refractivity contribution in [1.29, 1.82) is 0 Å². The van der Waals surface area contributed by atoms with E-state index in [2.05, 4.69) is 25.6 Å². The van der Waals surface area contributed by atoms with E-state index in [0.29, 0.717) is 82.2 Å². The van der Waals surface area contributed by atoms with Gasteiger partial charge < -0.3 is 19.7 Å². The summed E-state index contributed by atoms with van der Waals surface area (Å²) in [6.45, 7) is 6.62. The van der Waals surface area contributed by atoms with Gasteiger partial charge in [0.15, 0.2) is 0 Å². The number of morpholine rings is 1. The molecule has 2 fully saturated rings. The molecular formula is C34H43F3N8O6S. The third-order valence-electron chi connectivity index (χ3n) is 8.95. The van der Waals surface area contributed by atoms with Gasteiger partial charge in [0.05, 0.1) is 55.8 Å². The fourth-order valence-corrected chi connectivity index (χ4v) is 6.43. The number of amides is 2. The number of aryl methyl sites for hydroxylation is 3. The summed E-state index contributed by atoms with van der Waals surface area (Å²) in [4.78, 5) is 37.7. The number of ether oxygens (including phenoxy) is 2. The van der Waals surface area contributed by atoms with Crippen molar-refractivity contribution in [3.05, 3.63) is 70.5 Å². The van der Waals surface area contributed by atoms with E-state index in [0.717, 1.165) is 16.1 Å². The lowest BCUT2D eigenvalue weighted by Crippen LogP contribution is -2.55. The van der Waals surface area contributed by atoms with E-state index in [-0.39, 0.29) is 47.6 Å². The molecule has 1 aromatic heterocycles. The fraction of sp³-hybridized carbons (Fsp3) is 0.471. The van der Waals surface area contributed by atoms with Crippen LogP contribution in [0.2, 0.25) is 0 Å². The lowest BCUT2D eigenvalue weighted by atomic mass is 10.0. The monoisotopic (exact) mass is 748 g/mol. The normalized spacial score (nSPS) is 16.0. The van der Waals surface area contributed by atoms with Gasteiger partial charge in [-0.3, -0.25) is 24.2 Å². The Balaban J connectivity index is 1.24. The zero-order chi connectivity index (χ0) is 37.6. The van der Waals surface area contributed by atoms with E-state index in [4.69, 9.17) is 9.47 Å². The summed E-state index contributed by atoms with van der Waals surface area (Å²) in [5.74, 6) is -0.207. The van der Waals surface area contributed by atoms with Gasteiger partial charge in [0.1, 0.15) is 5.75 Å². The number of hydrazine groups is 1. The highest BCUT2D eigenvalue weighted by molar-refractivity contribution is 7.92. The molecule has 2 aliphatic heterocycles. The summed E-state index contributed by atoms with van der Waals surface area (Å²) in [5.41, 5.74) is 3.90. The third kappa shape index (κ3) is 9.87. The molecule has 0 aliphatic carbocycles. The van der Waals surface area contributed by atoms with E-state index >= 15 is 0 Å². The SMILES string of the molecule is COc1cc(C(=O)NN2CCN(CC(=O)N3CCOCC3)CC2)ccc1Nc1ncc(C(F)(F)F)c(CCc2ccc(C)cc2N(C)S(C)(=O)=O)n1. The number of aromatic nitrogens is 2. The number of carbonyl (C=O) groups is 2. The Morgan fingerprint density at radius 3 is 2.38 bits per heavy atom. The second kappa shape index (κ2) is 16.4. The van der Waals surface area contributed by atoms with Crippen LogP contribution in [0.5, 0.6) is 5.75 Å². The Kier molecular flexibility index (Phi) is 12.2. The van der Waals surface area contributed by atoms with Crippen LogP contribution in [0.15, 0.2) is 42.6 Å². The summed E-state index contributed by atoms with van der Waals surface area (Å²) in [6.07, 6.45) is -3.06. The maximum absolute atomic E-state index is 14.0. The number of hydrogen-bond donors (Lipinski definition) is 2. The quantitative estimate of drug-likeness (QED) is 0.282. The minimum absolute atomic E-state index is 0.0651. The van der Waals surface area contributed by atoms with Crippen LogP contribution in [0.25, 0.3) is 0 Å². The Bertz CT molecular complexity index is 1870. The summed E-state index contributed by atoms with van der Waals surface area (Å²) in [6, 6.07) is 9.71. The average Bonchev–Trinajstić information content (AvgIpc) is 3.11. The Morgan fingerprint density at radius 1 is 1.02 bits per heavy atom. The van der Waals surface area contributed by atoms with Crippen LogP contribution in [0.3, 0.4) is 0 Å². The summed E-state index contributed by atoms with van der Waals surface area (Å²) in [7, 11) is -0.834. The molecule has 0 radical (unpaired) electrons. The van der Waals surface area contributed by atoms with Crippen molar-refractivity contribution in [2.75, 3.05) is 89.1 Å². The van der Waals surface area contributed by atoms with Crippen LogP contribution in [-0.4, -0.2) is 124 Å². The largest absolute Gasteiger partial charge is 0.495 e. The first-order chi connectivity index (χ1) is 24.6. The number of carbonyl (C=O) groups excluding carboxylic acids is 2. The lowest BCUT2D eigenvalue weighted by molar-refractivity contribution is -0.139. The first kappa shape index (κ1) is 38.7. The van der Waals surface area contributed by atoms with E-state index < -0.39 is 21.8 Å². The van der Waals surface area contributed by atoms with E-state index in [1.54, 1.807) is 47.2 Å².